The molecule has 2 atom stereocenters. The van der Waals surface area contributed by atoms with Crippen molar-refractivity contribution in [2.24, 2.45) is 5.41 Å². The first-order valence-electron chi connectivity index (χ1n) is 9.25. The fraction of sp³-hybridized carbons (Fsp3) is 0.632. The summed E-state index contributed by atoms with van der Waals surface area (Å²) in [6, 6.07) is 7.98. The molecule has 0 aliphatic carbocycles. The summed E-state index contributed by atoms with van der Waals surface area (Å²) < 4.78 is 7.05. The molecular weight excluding hydrogens is 318 g/mol. The number of likely N-dealkylation sites (tertiary alicyclic amines) is 2. The lowest BCUT2D eigenvalue weighted by atomic mass is 9.69. The summed E-state index contributed by atoms with van der Waals surface area (Å²) in [4.78, 5) is 17.0. The first-order valence-corrected chi connectivity index (χ1v) is 9.25. The van der Waals surface area contributed by atoms with Gasteiger partial charge in [-0.1, -0.05) is 12.1 Å². The van der Waals surface area contributed by atoms with Crippen LogP contribution >= 0.6 is 0 Å². The average molecular weight is 345 g/mol. The minimum Gasteiger partial charge on any atom is -0.408 e. The summed E-state index contributed by atoms with van der Waals surface area (Å²) >= 11 is 0. The Labute approximate surface area is 147 Å². The zero-order valence-electron chi connectivity index (χ0n) is 14.9. The van der Waals surface area contributed by atoms with Crippen molar-refractivity contribution in [1.29, 1.82) is 0 Å². The van der Waals surface area contributed by atoms with Crippen LogP contribution in [-0.4, -0.2) is 65.3 Å². The highest BCUT2D eigenvalue weighted by atomic mass is 16.4. The monoisotopic (exact) mass is 345 g/mol. The number of aliphatic hydroxyl groups is 1. The summed E-state index contributed by atoms with van der Waals surface area (Å²) in [7, 11) is 2.17. The van der Waals surface area contributed by atoms with E-state index >= 15 is 0 Å². The number of oxazole rings is 1. The molecule has 6 nitrogen and oxygen atoms in total. The molecule has 0 bridgehead atoms. The van der Waals surface area contributed by atoms with Gasteiger partial charge in [-0.3, -0.25) is 9.47 Å². The molecule has 6 heteroatoms. The van der Waals surface area contributed by atoms with Crippen LogP contribution in [0.4, 0.5) is 0 Å². The second kappa shape index (κ2) is 6.59. The van der Waals surface area contributed by atoms with Crippen molar-refractivity contribution >= 4 is 11.1 Å². The van der Waals surface area contributed by atoms with Gasteiger partial charge in [-0.2, -0.15) is 0 Å². The number of piperidine rings is 2. The van der Waals surface area contributed by atoms with Crippen LogP contribution in [0.5, 0.6) is 0 Å². The first-order chi connectivity index (χ1) is 12.1. The van der Waals surface area contributed by atoms with Crippen molar-refractivity contribution < 1.29 is 9.52 Å². The number of nitrogens with zero attached hydrogens (tertiary/aromatic N) is 3. The fourth-order valence-electron chi connectivity index (χ4n) is 4.75. The van der Waals surface area contributed by atoms with Gasteiger partial charge >= 0.3 is 5.76 Å². The fourth-order valence-corrected chi connectivity index (χ4v) is 4.75. The Morgan fingerprint density at radius 1 is 1.24 bits per heavy atom. The van der Waals surface area contributed by atoms with Crippen molar-refractivity contribution in [3.05, 3.63) is 34.8 Å². The molecule has 2 aliphatic heterocycles. The molecule has 1 aromatic carbocycles. The van der Waals surface area contributed by atoms with Crippen LogP contribution in [0, 0.1) is 5.41 Å². The van der Waals surface area contributed by atoms with E-state index < -0.39 is 0 Å². The molecule has 2 fully saturated rings. The molecule has 0 saturated carbocycles. The van der Waals surface area contributed by atoms with Gasteiger partial charge in [-0.15, -0.1) is 0 Å². The molecule has 1 N–H and O–H groups in total. The highest BCUT2D eigenvalue weighted by Gasteiger charge is 2.46. The minimum atomic E-state index is -0.280. The molecule has 4 rings (SSSR count). The van der Waals surface area contributed by atoms with Crippen LogP contribution in [0.2, 0.25) is 0 Å². The molecule has 2 saturated heterocycles. The van der Waals surface area contributed by atoms with Gasteiger partial charge in [0.25, 0.3) is 0 Å². The number of benzene rings is 1. The van der Waals surface area contributed by atoms with E-state index in [2.05, 4.69) is 16.8 Å². The third-order valence-electron chi connectivity index (χ3n) is 6.31. The molecule has 0 spiro atoms. The van der Waals surface area contributed by atoms with E-state index in [1.54, 1.807) is 4.57 Å². The quantitative estimate of drug-likeness (QED) is 0.907. The Morgan fingerprint density at radius 3 is 2.92 bits per heavy atom. The zero-order chi connectivity index (χ0) is 17.4. The summed E-state index contributed by atoms with van der Waals surface area (Å²) in [6.07, 6.45) is 3.32. The van der Waals surface area contributed by atoms with E-state index in [0.29, 0.717) is 18.2 Å². The molecule has 0 radical (unpaired) electrons. The van der Waals surface area contributed by atoms with E-state index in [1.165, 1.54) is 6.42 Å². The lowest BCUT2D eigenvalue weighted by Crippen LogP contribution is -2.61. The molecule has 1 aromatic heterocycles. The van der Waals surface area contributed by atoms with Crippen LogP contribution in [0.15, 0.2) is 33.5 Å². The Kier molecular flexibility index (Phi) is 4.43. The highest BCUT2D eigenvalue weighted by molar-refractivity contribution is 5.72. The normalized spacial score (nSPS) is 28.3. The van der Waals surface area contributed by atoms with Crippen molar-refractivity contribution in [3.63, 3.8) is 0 Å². The average Bonchev–Trinajstić information content (AvgIpc) is 2.95. The molecular formula is C19H27N3O3. The molecule has 2 aliphatic rings. The van der Waals surface area contributed by atoms with Gasteiger partial charge < -0.3 is 14.4 Å². The van der Waals surface area contributed by atoms with Crippen LogP contribution in [0.25, 0.3) is 11.1 Å². The third kappa shape index (κ3) is 2.92. The lowest BCUT2D eigenvalue weighted by molar-refractivity contribution is -0.0671. The number of likely N-dealkylation sites (N-methyl/N-ethyl adjacent to an activating group) is 1. The highest BCUT2D eigenvalue weighted by Crippen LogP contribution is 2.41. The second-order valence-electron chi connectivity index (χ2n) is 7.66. The number of para-hydroxylation sites is 2. The van der Waals surface area contributed by atoms with Gasteiger partial charge in [0.2, 0.25) is 0 Å². The number of aliphatic hydroxyl groups excluding tert-OH is 1. The maximum absolute atomic E-state index is 12.1. The first kappa shape index (κ1) is 16.8. The van der Waals surface area contributed by atoms with E-state index in [4.69, 9.17) is 4.42 Å². The predicted octanol–water partition coefficient (Wildman–Crippen LogP) is 1.37. The van der Waals surface area contributed by atoms with Gasteiger partial charge in [0, 0.05) is 31.1 Å². The zero-order valence-corrected chi connectivity index (χ0v) is 14.9. The minimum absolute atomic E-state index is 0.0582. The Hall–Kier alpha value is -1.63. The van der Waals surface area contributed by atoms with Gasteiger partial charge in [0.1, 0.15) is 0 Å². The van der Waals surface area contributed by atoms with Gasteiger partial charge in [0.05, 0.1) is 12.1 Å². The number of hydrogen-bond acceptors (Lipinski definition) is 5. The maximum Gasteiger partial charge on any atom is 0.419 e. The van der Waals surface area contributed by atoms with E-state index in [9.17, 15) is 9.90 Å². The standard InChI is InChI=1S/C19H27N3O3/c1-20-9-4-7-19(14-23)8-10-21(13-17(19)20)11-12-22-15-5-2-3-6-16(15)25-18(22)24/h2-3,5-6,17,23H,4,7-14H2,1H3/t17-,19-/m1/s1. The topological polar surface area (TPSA) is 61.9 Å². The maximum atomic E-state index is 12.1. The van der Waals surface area contributed by atoms with Gasteiger partial charge in [-0.05, 0) is 51.5 Å². The SMILES string of the molecule is CN1CCC[C@]2(CO)CCN(CCn3c(=O)oc4ccccc43)C[C@@H]12. The van der Waals surface area contributed by atoms with Gasteiger partial charge in [0.15, 0.2) is 5.58 Å². The van der Waals surface area contributed by atoms with Gasteiger partial charge in [-0.25, -0.2) is 4.79 Å². The second-order valence-corrected chi connectivity index (χ2v) is 7.66. The molecule has 0 unspecified atom stereocenters. The van der Waals surface area contributed by atoms with Crippen molar-refractivity contribution in [3.8, 4) is 0 Å². The van der Waals surface area contributed by atoms with E-state index in [1.807, 2.05) is 24.3 Å². The number of rotatable bonds is 4. The summed E-state index contributed by atoms with van der Waals surface area (Å²) in [5, 5.41) is 10.0. The Morgan fingerprint density at radius 2 is 2.08 bits per heavy atom. The smallest absolute Gasteiger partial charge is 0.408 e. The summed E-state index contributed by atoms with van der Waals surface area (Å²) in [5.41, 5.74) is 1.57. The molecule has 3 heterocycles. The van der Waals surface area contributed by atoms with Crippen LogP contribution in [0.1, 0.15) is 19.3 Å². The van der Waals surface area contributed by atoms with Crippen molar-refractivity contribution in [1.82, 2.24) is 14.4 Å². The van der Waals surface area contributed by atoms with Crippen LogP contribution < -0.4 is 5.76 Å². The Bertz CT molecular complexity index is 799. The van der Waals surface area contributed by atoms with Crippen molar-refractivity contribution in [2.75, 3.05) is 39.8 Å². The van der Waals surface area contributed by atoms with Crippen molar-refractivity contribution in [2.45, 2.75) is 31.8 Å². The lowest BCUT2D eigenvalue weighted by Gasteiger charge is -2.53. The summed E-state index contributed by atoms with van der Waals surface area (Å²) in [5.74, 6) is -0.280. The van der Waals surface area contributed by atoms with E-state index in [0.717, 1.165) is 44.5 Å². The molecule has 2 aromatic rings. The molecule has 25 heavy (non-hydrogen) atoms. The summed E-state index contributed by atoms with van der Waals surface area (Å²) in [6.45, 7) is 4.79. The third-order valence-corrected chi connectivity index (χ3v) is 6.31. The van der Waals surface area contributed by atoms with E-state index in [-0.39, 0.29) is 17.8 Å². The Balaban J connectivity index is 1.47. The van der Waals surface area contributed by atoms with Crippen LogP contribution in [-0.2, 0) is 6.54 Å². The molecule has 136 valence electrons. The number of aromatic nitrogens is 1. The predicted molar refractivity (Wildman–Crippen MR) is 96.7 cm³/mol. The molecule has 0 amide bonds. The largest absolute Gasteiger partial charge is 0.419 e. The van der Waals surface area contributed by atoms with Crippen LogP contribution in [0.3, 0.4) is 0 Å². The number of hydrogen-bond donors (Lipinski definition) is 1. The number of fused-ring (bicyclic) bond motifs is 2.